The maximum atomic E-state index is 4.58. The fourth-order valence-corrected chi connectivity index (χ4v) is 3.36. The molecule has 17 heavy (non-hydrogen) atoms. The minimum Gasteiger partial charge on any atom is -0.373 e. The lowest BCUT2D eigenvalue weighted by molar-refractivity contribution is 0.270. The second-order valence-electron chi connectivity index (χ2n) is 4.40. The highest BCUT2D eigenvalue weighted by atomic mass is 32.2. The molecule has 2 rings (SSSR count). The van der Waals surface area contributed by atoms with Gasteiger partial charge in [0, 0.05) is 37.7 Å². The lowest BCUT2D eigenvalue weighted by Crippen LogP contribution is -2.37. The van der Waals surface area contributed by atoms with E-state index in [1.807, 2.05) is 13.1 Å². The van der Waals surface area contributed by atoms with Crippen LogP contribution in [0, 0.1) is 0 Å². The summed E-state index contributed by atoms with van der Waals surface area (Å²) in [5, 5.41) is 3.89. The van der Waals surface area contributed by atoms with Crippen LogP contribution in [0.2, 0.25) is 0 Å². The Hall–Kier alpha value is -0.740. The van der Waals surface area contributed by atoms with E-state index in [1.54, 1.807) is 0 Å². The van der Waals surface area contributed by atoms with Crippen molar-refractivity contribution < 1.29 is 0 Å². The number of thioether (sulfide) groups is 1. The van der Waals surface area contributed by atoms with Crippen molar-refractivity contribution >= 4 is 17.6 Å². The molecule has 2 heterocycles. The van der Waals surface area contributed by atoms with Gasteiger partial charge in [0.2, 0.25) is 0 Å². The molecule has 1 aromatic heterocycles. The molecule has 1 aromatic rings. The fourth-order valence-electron chi connectivity index (χ4n) is 2.11. The molecule has 1 aliphatic rings. The molecule has 1 unspecified atom stereocenters. The minimum absolute atomic E-state index is 0.802. The second kappa shape index (κ2) is 6.26. The van der Waals surface area contributed by atoms with Gasteiger partial charge in [0.1, 0.15) is 5.82 Å². The van der Waals surface area contributed by atoms with Crippen LogP contribution < -0.4 is 5.32 Å². The van der Waals surface area contributed by atoms with Gasteiger partial charge in [0.25, 0.3) is 0 Å². The van der Waals surface area contributed by atoms with Crippen molar-refractivity contribution in [1.82, 2.24) is 9.88 Å². The summed E-state index contributed by atoms with van der Waals surface area (Å²) < 4.78 is 0. The topological polar surface area (TPSA) is 28.2 Å². The van der Waals surface area contributed by atoms with Gasteiger partial charge in [-0.1, -0.05) is 13.0 Å². The highest BCUT2D eigenvalue weighted by Gasteiger charge is 2.19. The quantitative estimate of drug-likeness (QED) is 0.890. The molecule has 0 aliphatic carbocycles. The standard InChI is InChI=1S/C13H21N3S/c1-3-12-10-16(7-8-17-12)9-11-5-4-6-13(14-2)15-11/h4-6,12H,3,7-10H2,1-2H3,(H,14,15). The Labute approximate surface area is 108 Å². The number of anilines is 1. The Morgan fingerprint density at radius 1 is 1.53 bits per heavy atom. The normalized spacial score (nSPS) is 21.4. The molecule has 1 N–H and O–H groups in total. The Balaban J connectivity index is 1.95. The molecule has 0 saturated carbocycles. The van der Waals surface area contributed by atoms with E-state index < -0.39 is 0 Å². The molecule has 0 aromatic carbocycles. The monoisotopic (exact) mass is 251 g/mol. The summed E-state index contributed by atoms with van der Waals surface area (Å²) in [6.07, 6.45) is 1.27. The van der Waals surface area contributed by atoms with Gasteiger partial charge in [-0.2, -0.15) is 11.8 Å². The Kier molecular flexibility index (Phi) is 4.68. The number of nitrogens with zero attached hydrogens (tertiary/aromatic N) is 2. The van der Waals surface area contributed by atoms with E-state index in [0.717, 1.165) is 17.6 Å². The highest BCUT2D eigenvalue weighted by Crippen LogP contribution is 2.22. The summed E-state index contributed by atoms with van der Waals surface area (Å²) in [4.78, 5) is 7.10. The molecule has 3 nitrogen and oxygen atoms in total. The van der Waals surface area contributed by atoms with E-state index in [-0.39, 0.29) is 0 Å². The van der Waals surface area contributed by atoms with Gasteiger partial charge in [0.05, 0.1) is 5.69 Å². The van der Waals surface area contributed by atoms with Crippen molar-refractivity contribution in [2.45, 2.75) is 25.1 Å². The molecular weight excluding hydrogens is 230 g/mol. The number of hydrogen-bond acceptors (Lipinski definition) is 4. The lowest BCUT2D eigenvalue weighted by Gasteiger charge is -2.31. The SMILES string of the molecule is CCC1CN(Cc2cccc(NC)n2)CCS1. The summed E-state index contributed by atoms with van der Waals surface area (Å²) in [5.41, 5.74) is 1.17. The van der Waals surface area contributed by atoms with Crippen LogP contribution in [-0.4, -0.2) is 41.0 Å². The molecule has 94 valence electrons. The average Bonchev–Trinajstić information content (AvgIpc) is 2.39. The van der Waals surface area contributed by atoms with Crippen molar-refractivity contribution in [2.75, 3.05) is 31.2 Å². The van der Waals surface area contributed by atoms with Crippen LogP contribution in [0.1, 0.15) is 19.0 Å². The van der Waals surface area contributed by atoms with Crippen molar-refractivity contribution in [2.24, 2.45) is 0 Å². The van der Waals surface area contributed by atoms with Gasteiger partial charge >= 0.3 is 0 Å². The summed E-state index contributed by atoms with van der Waals surface area (Å²) >= 11 is 2.11. The highest BCUT2D eigenvalue weighted by molar-refractivity contribution is 8.00. The van der Waals surface area contributed by atoms with Gasteiger partial charge in [0.15, 0.2) is 0 Å². The Morgan fingerprint density at radius 2 is 2.41 bits per heavy atom. The van der Waals surface area contributed by atoms with Crippen LogP contribution in [-0.2, 0) is 6.54 Å². The first-order valence-corrected chi connectivity index (χ1v) is 7.34. The van der Waals surface area contributed by atoms with E-state index in [1.165, 1.54) is 31.0 Å². The average molecular weight is 251 g/mol. The fraction of sp³-hybridized carbons (Fsp3) is 0.615. The number of pyridine rings is 1. The predicted octanol–water partition coefficient (Wildman–Crippen LogP) is 2.45. The smallest absolute Gasteiger partial charge is 0.126 e. The molecule has 0 bridgehead atoms. The predicted molar refractivity (Wildman–Crippen MR) is 75.6 cm³/mol. The Morgan fingerprint density at radius 3 is 3.18 bits per heavy atom. The number of hydrogen-bond donors (Lipinski definition) is 1. The van der Waals surface area contributed by atoms with Crippen molar-refractivity contribution in [1.29, 1.82) is 0 Å². The van der Waals surface area contributed by atoms with E-state index in [4.69, 9.17) is 0 Å². The van der Waals surface area contributed by atoms with Crippen LogP contribution in [0.25, 0.3) is 0 Å². The van der Waals surface area contributed by atoms with Crippen LogP contribution in [0.3, 0.4) is 0 Å². The molecule has 0 radical (unpaired) electrons. The van der Waals surface area contributed by atoms with Gasteiger partial charge in [-0.05, 0) is 18.6 Å². The minimum atomic E-state index is 0.802. The first-order valence-electron chi connectivity index (χ1n) is 6.29. The summed E-state index contributed by atoms with van der Waals surface area (Å²) in [7, 11) is 1.91. The third-order valence-electron chi connectivity index (χ3n) is 3.13. The van der Waals surface area contributed by atoms with Crippen molar-refractivity contribution in [3.05, 3.63) is 23.9 Å². The van der Waals surface area contributed by atoms with E-state index in [0.29, 0.717) is 0 Å². The first kappa shape index (κ1) is 12.7. The zero-order valence-electron chi connectivity index (χ0n) is 10.6. The lowest BCUT2D eigenvalue weighted by atomic mass is 10.2. The van der Waals surface area contributed by atoms with Gasteiger partial charge in [-0.15, -0.1) is 0 Å². The first-order chi connectivity index (χ1) is 8.31. The van der Waals surface area contributed by atoms with E-state index >= 15 is 0 Å². The van der Waals surface area contributed by atoms with E-state index in [9.17, 15) is 0 Å². The number of aromatic nitrogens is 1. The number of rotatable bonds is 4. The molecule has 1 atom stereocenters. The van der Waals surface area contributed by atoms with E-state index in [2.05, 4.69) is 46.0 Å². The van der Waals surface area contributed by atoms with Crippen LogP contribution in [0.15, 0.2) is 18.2 Å². The van der Waals surface area contributed by atoms with Gasteiger partial charge in [-0.25, -0.2) is 4.98 Å². The van der Waals surface area contributed by atoms with Crippen LogP contribution in [0.4, 0.5) is 5.82 Å². The largest absolute Gasteiger partial charge is 0.373 e. The second-order valence-corrected chi connectivity index (χ2v) is 5.81. The molecule has 4 heteroatoms. The summed E-state index contributed by atoms with van der Waals surface area (Å²) in [5.74, 6) is 2.21. The molecule has 0 spiro atoms. The zero-order valence-corrected chi connectivity index (χ0v) is 11.5. The number of nitrogens with one attached hydrogen (secondary N) is 1. The Bertz CT molecular complexity index is 356. The summed E-state index contributed by atoms with van der Waals surface area (Å²) in [6.45, 7) is 5.65. The maximum absolute atomic E-state index is 4.58. The van der Waals surface area contributed by atoms with Gasteiger partial charge in [-0.3, -0.25) is 4.90 Å². The molecule has 1 aliphatic heterocycles. The molecule has 1 fully saturated rings. The van der Waals surface area contributed by atoms with Gasteiger partial charge < -0.3 is 5.32 Å². The van der Waals surface area contributed by atoms with Crippen molar-refractivity contribution in [3.63, 3.8) is 0 Å². The third kappa shape index (κ3) is 3.61. The molecular formula is C13H21N3S. The summed E-state index contributed by atoms with van der Waals surface area (Å²) in [6, 6.07) is 6.19. The van der Waals surface area contributed by atoms with Crippen LogP contribution >= 0.6 is 11.8 Å². The molecule has 1 saturated heterocycles. The maximum Gasteiger partial charge on any atom is 0.126 e. The van der Waals surface area contributed by atoms with Crippen molar-refractivity contribution in [3.8, 4) is 0 Å². The molecule has 0 amide bonds. The third-order valence-corrected chi connectivity index (χ3v) is 4.50. The van der Waals surface area contributed by atoms with Crippen LogP contribution in [0.5, 0.6) is 0 Å². The zero-order chi connectivity index (χ0) is 12.1.